The summed E-state index contributed by atoms with van der Waals surface area (Å²) in [6.07, 6.45) is 2.09. The highest BCUT2D eigenvalue weighted by Gasteiger charge is 2.34. The van der Waals surface area contributed by atoms with E-state index in [1.165, 1.54) is 0 Å². The van der Waals surface area contributed by atoms with Gasteiger partial charge in [0.25, 0.3) is 0 Å². The van der Waals surface area contributed by atoms with Crippen LogP contribution in [-0.4, -0.2) is 46.0 Å². The predicted molar refractivity (Wildman–Crippen MR) is 128 cm³/mol. The van der Waals surface area contributed by atoms with E-state index in [-0.39, 0.29) is 24.3 Å². The monoisotopic (exact) mass is 448 g/mol. The molecule has 0 radical (unpaired) electrons. The molecule has 33 heavy (non-hydrogen) atoms. The Morgan fingerprint density at radius 2 is 1.94 bits per heavy atom. The fourth-order valence-corrected chi connectivity index (χ4v) is 4.34. The highest BCUT2D eigenvalue weighted by molar-refractivity contribution is 5.86. The number of alkyl carbamates (subject to hydrolysis) is 1. The Morgan fingerprint density at radius 3 is 2.70 bits per heavy atom. The van der Waals surface area contributed by atoms with Gasteiger partial charge in [-0.1, -0.05) is 62.7 Å². The summed E-state index contributed by atoms with van der Waals surface area (Å²) >= 11 is 0. The fraction of sp³-hybridized carbons (Fsp3) is 0.423. The molecule has 3 atom stereocenters. The largest absolute Gasteiger partial charge is 0.445 e. The fourth-order valence-electron chi connectivity index (χ4n) is 4.34. The Labute approximate surface area is 194 Å². The Morgan fingerprint density at radius 1 is 1.18 bits per heavy atom. The lowest BCUT2D eigenvalue weighted by atomic mass is 9.93. The van der Waals surface area contributed by atoms with Crippen molar-refractivity contribution in [2.24, 2.45) is 5.92 Å². The van der Waals surface area contributed by atoms with Gasteiger partial charge in [-0.05, 0) is 36.5 Å². The Bertz CT molecular complexity index is 1050. The number of carbonyl (C=O) groups is 2. The zero-order chi connectivity index (χ0) is 23.2. The summed E-state index contributed by atoms with van der Waals surface area (Å²) in [6, 6.07) is 16.9. The molecule has 1 aliphatic rings. The van der Waals surface area contributed by atoms with Crippen LogP contribution in [0.5, 0.6) is 0 Å². The molecule has 3 aromatic rings. The quantitative estimate of drug-likeness (QED) is 0.553. The van der Waals surface area contributed by atoms with Gasteiger partial charge in [0.2, 0.25) is 5.91 Å². The van der Waals surface area contributed by atoms with Crippen molar-refractivity contribution in [1.82, 2.24) is 20.2 Å². The number of aromatic nitrogens is 2. The van der Waals surface area contributed by atoms with Gasteiger partial charge in [-0.15, -0.1) is 0 Å². The Hall–Kier alpha value is -3.35. The van der Waals surface area contributed by atoms with Crippen molar-refractivity contribution >= 4 is 23.0 Å². The van der Waals surface area contributed by atoms with Gasteiger partial charge in [0, 0.05) is 19.0 Å². The first-order chi connectivity index (χ1) is 16.0. The van der Waals surface area contributed by atoms with E-state index in [1.807, 2.05) is 73.3 Å². The standard InChI is InChI=1S/C26H32N4O3/c1-3-18(2)23(29-26(32)33-17-19-10-5-4-6-11-19)25(31)30-15-9-12-20(16-30)24-27-21-13-7-8-14-22(21)28-24/h4-8,10-11,13-14,18,20,23H,3,9,12,15-17H2,1-2H3,(H,27,28)(H,29,32)/t18-,20?,23-/m0/s1. The minimum atomic E-state index is -0.618. The summed E-state index contributed by atoms with van der Waals surface area (Å²) in [6.45, 7) is 5.46. The molecule has 0 aliphatic carbocycles. The third-order valence-corrected chi connectivity index (χ3v) is 6.49. The van der Waals surface area contributed by atoms with Gasteiger partial charge in [-0.2, -0.15) is 0 Å². The number of rotatable bonds is 7. The number of H-pyrrole nitrogens is 1. The maximum absolute atomic E-state index is 13.5. The van der Waals surface area contributed by atoms with Crippen LogP contribution in [0.1, 0.15) is 50.4 Å². The summed E-state index contributed by atoms with van der Waals surface area (Å²) in [4.78, 5) is 36.0. The van der Waals surface area contributed by atoms with E-state index in [4.69, 9.17) is 9.72 Å². The highest BCUT2D eigenvalue weighted by Crippen LogP contribution is 2.27. The highest BCUT2D eigenvalue weighted by atomic mass is 16.5. The zero-order valence-corrected chi connectivity index (χ0v) is 19.3. The van der Waals surface area contributed by atoms with E-state index in [0.717, 1.165) is 41.7 Å². The topological polar surface area (TPSA) is 87.3 Å². The van der Waals surface area contributed by atoms with Gasteiger partial charge in [0.15, 0.2) is 0 Å². The second-order valence-corrected chi connectivity index (χ2v) is 8.83. The van der Waals surface area contributed by atoms with Crippen molar-refractivity contribution < 1.29 is 14.3 Å². The number of piperidine rings is 1. The number of ether oxygens (including phenoxy) is 1. The smallest absolute Gasteiger partial charge is 0.408 e. The number of aromatic amines is 1. The predicted octanol–water partition coefficient (Wildman–Crippen LogP) is 4.61. The van der Waals surface area contributed by atoms with Crippen molar-refractivity contribution in [1.29, 1.82) is 0 Å². The summed E-state index contributed by atoms with van der Waals surface area (Å²) in [5, 5.41) is 2.84. The van der Waals surface area contributed by atoms with Gasteiger partial charge in [-0.25, -0.2) is 9.78 Å². The first-order valence-electron chi connectivity index (χ1n) is 11.8. The number of hydrogen-bond acceptors (Lipinski definition) is 4. The van der Waals surface area contributed by atoms with Gasteiger partial charge >= 0.3 is 6.09 Å². The zero-order valence-electron chi connectivity index (χ0n) is 19.3. The molecule has 2 amide bonds. The number of para-hydroxylation sites is 2. The molecule has 0 saturated carbocycles. The second kappa shape index (κ2) is 10.5. The molecule has 1 saturated heterocycles. The average Bonchev–Trinajstić information content (AvgIpc) is 3.30. The van der Waals surface area contributed by atoms with E-state index in [2.05, 4.69) is 10.3 Å². The van der Waals surface area contributed by atoms with Crippen molar-refractivity contribution in [2.75, 3.05) is 13.1 Å². The molecule has 1 aromatic heterocycles. The van der Waals surface area contributed by atoms with Crippen LogP contribution in [0, 0.1) is 5.92 Å². The van der Waals surface area contributed by atoms with Crippen LogP contribution < -0.4 is 5.32 Å². The molecule has 174 valence electrons. The second-order valence-electron chi connectivity index (χ2n) is 8.83. The first kappa shape index (κ1) is 22.8. The molecule has 2 N–H and O–H groups in total. The van der Waals surface area contributed by atoms with Crippen LogP contribution >= 0.6 is 0 Å². The molecule has 1 fully saturated rings. The third kappa shape index (κ3) is 5.53. The molecule has 4 rings (SSSR count). The van der Waals surface area contributed by atoms with E-state index in [1.54, 1.807) is 0 Å². The Balaban J connectivity index is 1.41. The van der Waals surface area contributed by atoms with E-state index in [0.29, 0.717) is 13.1 Å². The number of hydrogen-bond donors (Lipinski definition) is 2. The number of benzene rings is 2. The molecule has 2 aromatic carbocycles. The molecule has 2 heterocycles. The van der Waals surface area contributed by atoms with Crippen LogP contribution in [0.15, 0.2) is 54.6 Å². The van der Waals surface area contributed by atoms with Crippen molar-refractivity contribution in [3.8, 4) is 0 Å². The lowest BCUT2D eigenvalue weighted by Gasteiger charge is -2.35. The average molecular weight is 449 g/mol. The van der Waals surface area contributed by atoms with Crippen molar-refractivity contribution in [3.63, 3.8) is 0 Å². The van der Waals surface area contributed by atoms with Gasteiger partial charge in [-0.3, -0.25) is 4.79 Å². The molecule has 0 spiro atoms. The maximum Gasteiger partial charge on any atom is 0.408 e. The van der Waals surface area contributed by atoms with E-state index < -0.39 is 12.1 Å². The number of fused-ring (bicyclic) bond motifs is 1. The number of amides is 2. The molecular weight excluding hydrogens is 416 g/mol. The molecule has 1 aliphatic heterocycles. The van der Waals surface area contributed by atoms with E-state index in [9.17, 15) is 9.59 Å². The number of nitrogens with zero attached hydrogens (tertiary/aromatic N) is 2. The lowest BCUT2D eigenvalue weighted by molar-refractivity contribution is -0.136. The van der Waals surface area contributed by atoms with Crippen LogP contribution in [0.2, 0.25) is 0 Å². The Kier molecular flexibility index (Phi) is 7.27. The third-order valence-electron chi connectivity index (χ3n) is 6.49. The van der Waals surface area contributed by atoms with Crippen LogP contribution in [0.3, 0.4) is 0 Å². The summed E-state index contributed by atoms with van der Waals surface area (Å²) in [7, 11) is 0. The minimum absolute atomic E-state index is 0.00615. The lowest BCUT2D eigenvalue weighted by Crippen LogP contribution is -2.53. The molecule has 7 nitrogen and oxygen atoms in total. The SMILES string of the molecule is CC[C@H](C)[C@H](NC(=O)OCc1ccccc1)C(=O)N1CCCC(c2nc3ccccc3[nH]2)C1. The molecular formula is C26H32N4O3. The molecule has 7 heteroatoms. The summed E-state index contributed by atoms with van der Waals surface area (Å²) < 4.78 is 5.38. The first-order valence-corrected chi connectivity index (χ1v) is 11.8. The normalized spacial score (nSPS) is 18.0. The van der Waals surface area contributed by atoms with E-state index >= 15 is 0 Å². The van der Waals surface area contributed by atoms with Gasteiger partial charge < -0.3 is 19.9 Å². The summed E-state index contributed by atoms with van der Waals surface area (Å²) in [5.41, 5.74) is 2.86. The number of carbonyl (C=O) groups excluding carboxylic acids is 2. The van der Waals surface area contributed by atoms with Gasteiger partial charge in [0.05, 0.1) is 11.0 Å². The van der Waals surface area contributed by atoms with Crippen LogP contribution in [-0.2, 0) is 16.1 Å². The van der Waals surface area contributed by atoms with Crippen LogP contribution in [0.25, 0.3) is 11.0 Å². The van der Waals surface area contributed by atoms with Crippen molar-refractivity contribution in [3.05, 3.63) is 66.0 Å². The van der Waals surface area contributed by atoms with Crippen LogP contribution in [0.4, 0.5) is 4.79 Å². The number of likely N-dealkylation sites (tertiary alicyclic amines) is 1. The number of nitrogens with one attached hydrogen (secondary N) is 2. The summed E-state index contributed by atoms with van der Waals surface area (Å²) in [5.74, 6) is 1.01. The number of imidazole rings is 1. The van der Waals surface area contributed by atoms with Gasteiger partial charge in [0.1, 0.15) is 18.5 Å². The van der Waals surface area contributed by atoms with Crippen molar-refractivity contribution in [2.45, 2.75) is 51.7 Å². The molecule has 1 unspecified atom stereocenters. The maximum atomic E-state index is 13.5. The molecule has 0 bridgehead atoms. The minimum Gasteiger partial charge on any atom is -0.445 e.